The number of halogens is 2. The van der Waals surface area contributed by atoms with E-state index >= 15 is 0 Å². The first-order chi connectivity index (χ1) is 12.2. The van der Waals surface area contributed by atoms with Crippen molar-refractivity contribution >= 4 is 27.5 Å². The lowest BCUT2D eigenvalue weighted by Gasteiger charge is -2.13. The molecule has 3 rings (SSSR count). The number of hydrogen-bond acceptors (Lipinski definition) is 3. The van der Waals surface area contributed by atoms with Crippen molar-refractivity contribution in [1.29, 1.82) is 0 Å². The van der Waals surface area contributed by atoms with Gasteiger partial charge in [-0.25, -0.2) is 0 Å². The van der Waals surface area contributed by atoms with Gasteiger partial charge in [0.25, 0.3) is 0 Å². The van der Waals surface area contributed by atoms with Gasteiger partial charge in [-0.3, -0.25) is 4.98 Å². The predicted octanol–water partition coefficient (Wildman–Crippen LogP) is 5.37. The van der Waals surface area contributed by atoms with Crippen molar-refractivity contribution in [2.24, 2.45) is 0 Å². The average molecular weight is 418 g/mol. The number of ether oxygens (including phenoxy) is 1. The lowest BCUT2D eigenvalue weighted by molar-refractivity contribution is 0.302. The van der Waals surface area contributed by atoms with Crippen LogP contribution in [-0.2, 0) is 19.7 Å². The second-order valence-electron chi connectivity index (χ2n) is 5.59. The Kier molecular flexibility index (Phi) is 6.45. The summed E-state index contributed by atoms with van der Waals surface area (Å²) in [5.74, 6) is 0.852. The largest absolute Gasteiger partial charge is 0.489 e. The first-order valence-electron chi connectivity index (χ1n) is 7.96. The molecule has 25 heavy (non-hydrogen) atoms. The number of nitrogens with one attached hydrogen (secondary N) is 1. The molecule has 3 aromatic rings. The van der Waals surface area contributed by atoms with Crippen LogP contribution in [-0.4, -0.2) is 4.98 Å². The van der Waals surface area contributed by atoms with E-state index in [9.17, 15) is 0 Å². The van der Waals surface area contributed by atoms with Gasteiger partial charge < -0.3 is 10.1 Å². The molecule has 0 aliphatic heterocycles. The number of hydrogen-bond donors (Lipinski definition) is 1. The van der Waals surface area contributed by atoms with Gasteiger partial charge in [-0.2, -0.15) is 0 Å². The molecule has 2 aromatic carbocycles. The summed E-state index contributed by atoms with van der Waals surface area (Å²) in [7, 11) is 0. The van der Waals surface area contributed by atoms with Crippen LogP contribution in [0, 0.1) is 0 Å². The van der Waals surface area contributed by atoms with Crippen LogP contribution in [0.4, 0.5) is 0 Å². The molecule has 0 aliphatic carbocycles. The molecule has 0 aliphatic rings. The van der Waals surface area contributed by atoms with E-state index < -0.39 is 0 Å². The Hall–Kier alpha value is -1.88. The zero-order valence-electron chi connectivity index (χ0n) is 13.6. The Balaban J connectivity index is 1.64. The number of benzene rings is 2. The van der Waals surface area contributed by atoms with E-state index in [0.717, 1.165) is 32.9 Å². The van der Waals surface area contributed by atoms with Gasteiger partial charge in [-0.05, 0) is 42.0 Å². The van der Waals surface area contributed by atoms with Gasteiger partial charge in [-0.15, -0.1) is 0 Å². The normalized spacial score (nSPS) is 10.6. The summed E-state index contributed by atoms with van der Waals surface area (Å²) >= 11 is 9.73. The van der Waals surface area contributed by atoms with Crippen LogP contribution in [0.5, 0.6) is 5.75 Å². The van der Waals surface area contributed by atoms with E-state index in [2.05, 4.69) is 32.3 Å². The molecule has 0 saturated heterocycles. The maximum Gasteiger partial charge on any atom is 0.124 e. The van der Waals surface area contributed by atoms with Crippen LogP contribution in [0.15, 0.2) is 71.5 Å². The third kappa shape index (κ3) is 5.30. The average Bonchev–Trinajstić information content (AvgIpc) is 2.63. The van der Waals surface area contributed by atoms with Gasteiger partial charge in [0.1, 0.15) is 12.4 Å². The standard InChI is InChI=1S/C20H18BrClN2O/c21-18-5-6-20(25-14-16-3-1-2-4-19(16)22)17(11-18)13-24-12-15-7-9-23-10-8-15/h1-11,24H,12-14H2. The molecule has 1 heterocycles. The van der Waals surface area contributed by atoms with Crippen molar-refractivity contribution in [3.63, 3.8) is 0 Å². The summed E-state index contributed by atoms with van der Waals surface area (Å²) in [6.45, 7) is 1.93. The van der Waals surface area contributed by atoms with Crippen LogP contribution in [0.1, 0.15) is 16.7 Å². The molecule has 5 heteroatoms. The number of rotatable bonds is 7. The first kappa shape index (κ1) is 17.9. The molecule has 3 nitrogen and oxygen atoms in total. The number of aromatic nitrogens is 1. The van der Waals surface area contributed by atoms with Gasteiger partial charge in [0.05, 0.1) is 0 Å². The third-order valence-corrected chi connectivity index (χ3v) is 4.62. The Morgan fingerprint density at radius 2 is 1.76 bits per heavy atom. The maximum absolute atomic E-state index is 6.20. The highest BCUT2D eigenvalue weighted by atomic mass is 79.9. The van der Waals surface area contributed by atoms with E-state index in [1.54, 1.807) is 12.4 Å². The van der Waals surface area contributed by atoms with Crippen LogP contribution in [0.25, 0.3) is 0 Å². The van der Waals surface area contributed by atoms with E-state index in [0.29, 0.717) is 13.2 Å². The van der Waals surface area contributed by atoms with Gasteiger partial charge in [0.2, 0.25) is 0 Å². The summed E-state index contributed by atoms with van der Waals surface area (Å²) in [6, 6.07) is 17.8. The number of nitrogens with zero attached hydrogens (tertiary/aromatic N) is 1. The minimum atomic E-state index is 0.443. The molecule has 1 N–H and O–H groups in total. The fourth-order valence-corrected chi connectivity index (χ4v) is 3.04. The quantitative estimate of drug-likeness (QED) is 0.561. The van der Waals surface area contributed by atoms with E-state index in [4.69, 9.17) is 16.3 Å². The maximum atomic E-state index is 6.20. The van der Waals surface area contributed by atoms with Gasteiger partial charge in [0, 0.05) is 46.1 Å². The van der Waals surface area contributed by atoms with Crippen LogP contribution < -0.4 is 10.1 Å². The van der Waals surface area contributed by atoms with Crippen molar-refractivity contribution in [2.75, 3.05) is 0 Å². The lowest BCUT2D eigenvalue weighted by Crippen LogP contribution is -2.13. The summed E-state index contributed by atoms with van der Waals surface area (Å²) in [6.07, 6.45) is 3.60. The fraction of sp³-hybridized carbons (Fsp3) is 0.150. The second kappa shape index (κ2) is 8.99. The van der Waals surface area contributed by atoms with Crippen molar-refractivity contribution in [2.45, 2.75) is 19.7 Å². The minimum absolute atomic E-state index is 0.443. The fourth-order valence-electron chi connectivity index (χ4n) is 2.44. The monoisotopic (exact) mass is 416 g/mol. The molecule has 128 valence electrons. The van der Waals surface area contributed by atoms with E-state index in [-0.39, 0.29) is 0 Å². The van der Waals surface area contributed by atoms with Gasteiger partial charge >= 0.3 is 0 Å². The Morgan fingerprint density at radius 1 is 0.960 bits per heavy atom. The van der Waals surface area contributed by atoms with Crippen molar-refractivity contribution < 1.29 is 4.74 Å². The summed E-state index contributed by atoms with van der Waals surface area (Å²) < 4.78 is 7.03. The van der Waals surface area contributed by atoms with Gasteiger partial charge in [-0.1, -0.05) is 45.7 Å². The van der Waals surface area contributed by atoms with Crippen LogP contribution in [0.3, 0.4) is 0 Å². The molecule has 0 atom stereocenters. The SMILES string of the molecule is Clc1ccccc1COc1ccc(Br)cc1CNCc1ccncc1. The molecule has 0 radical (unpaired) electrons. The summed E-state index contributed by atoms with van der Waals surface area (Å²) in [5.41, 5.74) is 3.27. The molecule has 0 unspecified atom stereocenters. The van der Waals surface area contributed by atoms with Crippen LogP contribution in [0.2, 0.25) is 5.02 Å². The highest BCUT2D eigenvalue weighted by Gasteiger charge is 2.07. The molecule has 0 amide bonds. The predicted molar refractivity (Wildman–Crippen MR) is 105 cm³/mol. The zero-order chi connectivity index (χ0) is 17.5. The van der Waals surface area contributed by atoms with Crippen LogP contribution >= 0.6 is 27.5 Å². The Bertz CT molecular complexity index is 827. The second-order valence-corrected chi connectivity index (χ2v) is 6.91. The lowest BCUT2D eigenvalue weighted by atomic mass is 10.2. The highest BCUT2D eigenvalue weighted by Crippen LogP contribution is 2.25. The van der Waals surface area contributed by atoms with Crippen molar-refractivity contribution in [3.05, 3.63) is 93.2 Å². The number of pyridine rings is 1. The first-order valence-corrected chi connectivity index (χ1v) is 9.14. The molecular formula is C20H18BrClN2O. The molecule has 0 bridgehead atoms. The third-order valence-electron chi connectivity index (χ3n) is 3.76. The molecule has 0 spiro atoms. The molecular weight excluding hydrogens is 400 g/mol. The molecule has 0 fully saturated rings. The molecule has 0 saturated carbocycles. The topological polar surface area (TPSA) is 34.1 Å². The van der Waals surface area contributed by atoms with Gasteiger partial charge in [0.15, 0.2) is 0 Å². The minimum Gasteiger partial charge on any atom is -0.489 e. The van der Waals surface area contributed by atoms with E-state index in [1.807, 2.05) is 48.5 Å². The van der Waals surface area contributed by atoms with Crippen molar-refractivity contribution in [3.8, 4) is 5.75 Å². The highest BCUT2D eigenvalue weighted by molar-refractivity contribution is 9.10. The Morgan fingerprint density at radius 3 is 2.56 bits per heavy atom. The molecule has 1 aromatic heterocycles. The van der Waals surface area contributed by atoms with E-state index in [1.165, 1.54) is 5.56 Å². The zero-order valence-corrected chi connectivity index (χ0v) is 15.9. The Labute approximate surface area is 161 Å². The summed E-state index contributed by atoms with van der Waals surface area (Å²) in [5, 5.41) is 4.16. The smallest absolute Gasteiger partial charge is 0.124 e. The van der Waals surface area contributed by atoms with Crippen molar-refractivity contribution in [1.82, 2.24) is 10.3 Å². The summed E-state index contributed by atoms with van der Waals surface area (Å²) in [4.78, 5) is 4.03.